The molecule has 0 radical (unpaired) electrons. The van der Waals surface area contributed by atoms with Gasteiger partial charge in [0.2, 0.25) is 0 Å². The van der Waals surface area contributed by atoms with E-state index >= 15 is 0 Å². The van der Waals surface area contributed by atoms with Gasteiger partial charge in [0.25, 0.3) is 0 Å². The zero-order valence-corrected chi connectivity index (χ0v) is 14.8. The topological polar surface area (TPSA) is 91.0 Å². The van der Waals surface area contributed by atoms with Crippen LogP contribution in [0.15, 0.2) is 23.7 Å². The Morgan fingerprint density at radius 3 is 2.33 bits per heavy atom. The molecule has 1 aromatic rings. The molecule has 1 fully saturated rings. The standard InChI is InChI=1S/C17H24BNO5/c1-16(2)17(3,4)24-18(23-16)13(10-19)9-12-8-11(15(20)21)6-7-14(12)22-5/h6-9H,10,19H2,1-5H3,(H,20,21). The van der Waals surface area contributed by atoms with E-state index in [4.69, 9.17) is 19.8 Å². The van der Waals surface area contributed by atoms with Gasteiger partial charge in [-0.25, -0.2) is 4.79 Å². The second-order valence-electron chi connectivity index (χ2n) is 6.77. The Morgan fingerprint density at radius 1 is 1.29 bits per heavy atom. The van der Waals surface area contributed by atoms with Crippen molar-refractivity contribution in [1.29, 1.82) is 0 Å². The van der Waals surface area contributed by atoms with Crippen LogP contribution in [0.2, 0.25) is 0 Å². The highest BCUT2D eigenvalue weighted by molar-refractivity contribution is 6.56. The van der Waals surface area contributed by atoms with Gasteiger partial charge in [0.05, 0.1) is 23.9 Å². The van der Waals surface area contributed by atoms with E-state index in [1.54, 1.807) is 18.2 Å². The average Bonchev–Trinajstić information content (AvgIpc) is 2.72. The third kappa shape index (κ3) is 3.48. The van der Waals surface area contributed by atoms with Gasteiger partial charge in [-0.3, -0.25) is 0 Å². The average molecular weight is 333 g/mol. The van der Waals surface area contributed by atoms with Crippen LogP contribution in [0.4, 0.5) is 0 Å². The van der Waals surface area contributed by atoms with E-state index in [1.165, 1.54) is 13.2 Å². The van der Waals surface area contributed by atoms with Gasteiger partial charge in [0.15, 0.2) is 0 Å². The summed E-state index contributed by atoms with van der Waals surface area (Å²) in [5.41, 5.74) is 6.44. The van der Waals surface area contributed by atoms with Gasteiger partial charge in [-0.05, 0) is 51.4 Å². The van der Waals surface area contributed by atoms with Crippen LogP contribution in [0.3, 0.4) is 0 Å². The fourth-order valence-electron chi connectivity index (χ4n) is 2.40. The summed E-state index contributed by atoms with van der Waals surface area (Å²) < 4.78 is 17.3. The number of methoxy groups -OCH3 is 1. The third-order valence-electron chi connectivity index (χ3n) is 4.61. The molecule has 1 aliphatic rings. The highest BCUT2D eigenvalue weighted by Gasteiger charge is 2.52. The van der Waals surface area contributed by atoms with Crippen LogP contribution in [0, 0.1) is 0 Å². The van der Waals surface area contributed by atoms with Crippen molar-refractivity contribution in [3.8, 4) is 5.75 Å². The van der Waals surface area contributed by atoms with Crippen molar-refractivity contribution in [2.24, 2.45) is 5.73 Å². The van der Waals surface area contributed by atoms with Gasteiger partial charge in [-0.1, -0.05) is 6.08 Å². The predicted octanol–water partition coefficient (Wildman–Crippen LogP) is 2.37. The summed E-state index contributed by atoms with van der Waals surface area (Å²) >= 11 is 0. The quantitative estimate of drug-likeness (QED) is 0.804. The van der Waals surface area contributed by atoms with Gasteiger partial charge in [-0.2, -0.15) is 0 Å². The highest BCUT2D eigenvalue weighted by atomic mass is 16.7. The Labute approximate surface area is 142 Å². The van der Waals surface area contributed by atoms with E-state index in [0.29, 0.717) is 11.3 Å². The maximum Gasteiger partial charge on any atom is 0.491 e. The monoisotopic (exact) mass is 333 g/mol. The Morgan fingerprint density at radius 2 is 1.88 bits per heavy atom. The fraction of sp³-hybridized carbons (Fsp3) is 0.471. The molecule has 0 atom stereocenters. The minimum absolute atomic E-state index is 0.173. The molecule has 0 saturated carbocycles. The number of ether oxygens (including phenoxy) is 1. The van der Waals surface area contributed by atoms with Gasteiger partial charge < -0.3 is 24.9 Å². The SMILES string of the molecule is COc1ccc(C(=O)O)cc1C=C(CN)B1OC(C)(C)C(C)(C)O1. The lowest BCUT2D eigenvalue weighted by molar-refractivity contribution is 0.00578. The molecule has 2 rings (SSSR count). The maximum atomic E-state index is 11.2. The number of rotatable bonds is 5. The van der Waals surface area contributed by atoms with Crippen LogP contribution < -0.4 is 10.5 Å². The Kier molecular flexibility index (Phi) is 5.08. The first-order chi connectivity index (χ1) is 11.1. The Balaban J connectivity index is 2.41. The number of carboxylic acid groups (broad SMARTS) is 1. The Bertz CT molecular complexity index is 653. The normalized spacial score (nSPS) is 19.4. The van der Waals surface area contributed by atoms with E-state index < -0.39 is 24.3 Å². The van der Waals surface area contributed by atoms with Crippen molar-refractivity contribution in [2.75, 3.05) is 13.7 Å². The van der Waals surface area contributed by atoms with E-state index in [9.17, 15) is 9.90 Å². The highest BCUT2D eigenvalue weighted by Crippen LogP contribution is 2.39. The summed E-state index contributed by atoms with van der Waals surface area (Å²) in [5, 5.41) is 9.18. The number of nitrogens with two attached hydrogens (primary N) is 1. The Hall–Kier alpha value is -1.83. The van der Waals surface area contributed by atoms with Gasteiger partial charge >= 0.3 is 13.1 Å². The van der Waals surface area contributed by atoms with Crippen molar-refractivity contribution >= 4 is 19.2 Å². The molecule has 0 spiro atoms. The molecule has 1 aliphatic heterocycles. The first-order valence-electron chi connectivity index (χ1n) is 7.79. The van der Waals surface area contributed by atoms with Gasteiger partial charge in [-0.15, -0.1) is 0 Å². The number of benzene rings is 1. The lowest BCUT2D eigenvalue weighted by Gasteiger charge is -2.32. The lowest BCUT2D eigenvalue weighted by atomic mass is 9.77. The molecule has 7 heteroatoms. The summed E-state index contributed by atoms with van der Waals surface area (Å²) in [4.78, 5) is 11.2. The summed E-state index contributed by atoms with van der Waals surface area (Å²) in [6.07, 6.45) is 1.77. The molecule has 0 unspecified atom stereocenters. The van der Waals surface area contributed by atoms with E-state index in [0.717, 1.165) is 5.47 Å². The van der Waals surface area contributed by atoms with Gasteiger partial charge in [0, 0.05) is 12.1 Å². The largest absolute Gasteiger partial charge is 0.496 e. The first-order valence-corrected chi connectivity index (χ1v) is 7.79. The molecule has 1 saturated heterocycles. The van der Waals surface area contributed by atoms with E-state index in [1.807, 2.05) is 27.7 Å². The van der Waals surface area contributed by atoms with Crippen molar-refractivity contribution in [1.82, 2.24) is 0 Å². The molecule has 0 amide bonds. The molecule has 1 heterocycles. The molecule has 130 valence electrons. The number of hydrogen-bond acceptors (Lipinski definition) is 5. The van der Waals surface area contributed by atoms with Crippen molar-refractivity contribution < 1.29 is 23.9 Å². The minimum atomic E-state index is -1.00. The zero-order valence-electron chi connectivity index (χ0n) is 14.8. The summed E-state index contributed by atoms with van der Waals surface area (Å²) in [6, 6.07) is 4.66. The molecular formula is C17H24BNO5. The molecule has 0 aliphatic carbocycles. The molecule has 3 N–H and O–H groups in total. The number of hydrogen-bond donors (Lipinski definition) is 2. The minimum Gasteiger partial charge on any atom is -0.496 e. The molecule has 24 heavy (non-hydrogen) atoms. The van der Waals surface area contributed by atoms with Crippen LogP contribution in [-0.4, -0.2) is 43.1 Å². The summed E-state index contributed by atoms with van der Waals surface area (Å²) in [5.74, 6) is -0.445. The fourth-order valence-corrected chi connectivity index (χ4v) is 2.40. The first kappa shape index (κ1) is 18.5. The van der Waals surface area contributed by atoms with Crippen LogP contribution in [0.25, 0.3) is 6.08 Å². The van der Waals surface area contributed by atoms with Gasteiger partial charge in [0.1, 0.15) is 5.75 Å². The van der Waals surface area contributed by atoms with E-state index in [2.05, 4.69) is 0 Å². The maximum absolute atomic E-state index is 11.2. The van der Waals surface area contributed by atoms with Crippen LogP contribution in [-0.2, 0) is 9.31 Å². The number of carboxylic acids is 1. The predicted molar refractivity (Wildman–Crippen MR) is 93.1 cm³/mol. The molecule has 6 nitrogen and oxygen atoms in total. The lowest BCUT2D eigenvalue weighted by Crippen LogP contribution is -2.41. The summed E-state index contributed by atoms with van der Waals surface area (Å²) in [6.45, 7) is 8.08. The van der Waals surface area contributed by atoms with Crippen molar-refractivity contribution in [2.45, 2.75) is 38.9 Å². The second-order valence-corrected chi connectivity index (χ2v) is 6.77. The molecule has 0 aromatic heterocycles. The molecule has 0 bridgehead atoms. The van der Waals surface area contributed by atoms with E-state index in [-0.39, 0.29) is 12.1 Å². The second kappa shape index (κ2) is 6.59. The number of aromatic carboxylic acids is 1. The van der Waals surface area contributed by atoms with Crippen molar-refractivity contribution in [3.05, 3.63) is 34.8 Å². The number of carbonyl (C=O) groups is 1. The van der Waals surface area contributed by atoms with Crippen LogP contribution in [0.1, 0.15) is 43.6 Å². The molecular weight excluding hydrogens is 309 g/mol. The zero-order chi connectivity index (χ0) is 18.1. The summed E-state index contributed by atoms with van der Waals surface area (Å²) in [7, 11) is 0.947. The van der Waals surface area contributed by atoms with Crippen LogP contribution in [0.5, 0.6) is 5.75 Å². The van der Waals surface area contributed by atoms with Crippen molar-refractivity contribution in [3.63, 3.8) is 0 Å². The third-order valence-corrected chi connectivity index (χ3v) is 4.61. The molecule has 1 aromatic carbocycles. The smallest absolute Gasteiger partial charge is 0.491 e. The van der Waals surface area contributed by atoms with Crippen LogP contribution >= 0.6 is 0 Å².